The molecule has 184 valence electrons. The molecule has 7 nitrogen and oxygen atoms in total. The zero-order valence-electron chi connectivity index (χ0n) is 19.3. The number of piperazine rings is 1. The summed E-state index contributed by atoms with van der Waals surface area (Å²) in [6.07, 6.45) is -0.236. The average Bonchev–Trinajstić information content (AvgIpc) is 3.34. The Bertz CT molecular complexity index is 1280. The largest absolute Gasteiger partial charge is 0.497 e. The number of benzene rings is 2. The van der Waals surface area contributed by atoms with Crippen LogP contribution in [0.5, 0.6) is 5.75 Å². The fourth-order valence-corrected chi connectivity index (χ4v) is 6.98. The number of thiophene rings is 1. The number of methoxy groups -OCH3 is 1. The van der Waals surface area contributed by atoms with Crippen LogP contribution in [0.2, 0.25) is 4.34 Å². The number of ether oxygens (including phenoxy) is 2. The predicted octanol–water partition coefficient (Wildman–Crippen LogP) is 4.55. The molecule has 1 aromatic heterocycles. The van der Waals surface area contributed by atoms with E-state index in [2.05, 4.69) is 11.0 Å². The van der Waals surface area contributed by atoms with Gasteiger partial charge in [0.2, 0.25) is 0 Å². The summed E-state index contributed by atoms with van der Waals surface area (Å²) in [4.78, 5) is 2.22. The first-order chi connectivity index (χ1) is 16.9. The van der Waals surface area contributed by atoms with Crippen molar-refractivity contribution in [3.05, 3.63) is 81.7 Å². The van der Waals surface area contributed by atoms with E-state index in [1.807, 2.05) is 36.4 Å². The van der Waals surface area contributed by atoms with Gasteiger partial charge in [-0.2, -0.15) is 9.57 Å². The van der Waals surface area contributed by atoms with Crippen molar-refractivity contribution in [2.24, 2.45) is 0 Å². The Morgan fingerprint density at radius 3 is 2.46 bits per heavy atom. The molecule has 4 rings (SSSR count). The molecular formula is C25H26ClN3O4S2. The van der Waals surface area contributed by atoms with E-state index in [1.165, 1.54) is 4.31 Å². The van der Waals surface area contributed by atoms with E-state index in [4.69, 9.17) is 26.3 Å². The van der Waals surface area contributed by atoms with Crippen molar-refractivity contribution in [3.8, 4) is 11.8 Å². The molecule has 2 heterocycles. The molecular weight excluding hydrogens is 506 g/mol. The Labute approximate surface area is 215 Å². The number of sulfonamides is 1. The van der Waals surface area contributed by atoms with Crippen LogP contribution in [-0.4, -0.2) is 57.5 Å². The summed E-state index contributed by atoms with van der Waals surface area (Å²) in [5, 5.41) is 9.02. The van der Waals surface area contributed by atoms with Crippen LogP contribution in [0.25, 0.3) is 0 Å². The number of nitriles is 1. The minimum Gasteiger partial charge on any atom is -0.497 e. The Morgan fingerprint density at radius 1 is 1.09 bits per heavy atom. The number of halogens is 1. The highest BCUT2D eigenvalue weighted by Crippen LogP contribution is 2.29. The van der Waals surface area contributed by atoms with Gasteiger partial charge in [-0.05, 0) is 47.5 Å². The Kier molecular flexibility index (Phi) is 8.44. The molecule has 1 fully saturated rings. The van der Waals surface area contributed by atoms with Gasteiger partial charge in [0.25, 0.3) is 10.0 Å². The van der Waals surface area contributed by atoms with Gasteiger partial charge in [-0.1, -0.05) is 35.9 Å². The molecule has 1 saturated heterocycles. The van der Waals surface area contributed by atoms with Crippen molar-refractivity contribution >= 4 is 33.0 Å². The normalized spacial score (nSPS) is 16.0. The maximum Gasteiger partial charge on any atom is 0.252 e. The first-order valence-corrected chi connectivity index (χ1v) is 13.7. The van der Waals surface area contributed by atoms with Crippen LogP contribution in [0.4, 0.5) is 0 Å². The van der Waals surface area contributed by atoms with Crippen LogP contribution in [0.1, 0.15) is 22.8 Å². The standard InChI is InChI=1S/C25H26ClN3O4S2/c1-32-22-4-2-3-21(15-22)23(33-18-20-7-5-19(16-27)6-8-20)17-28-11-13-29(14-12-28)35(30,31)25-10-9-24(26)34-25/h2-10,15,23H,11-14,17-18H2,1H3. The van der Waals surface area contributed by atoms with Crippen molar-refractivity contribution < 1.29 is 17.9 Å². The minimum atomic E-state index is -3.54. The van der Waals surface area contributed by atoms with Crippen LogP contribution in [0.15, 0.2) is 64.9 Å². The van der Waals surface area contributed by atoms with Gasteiger partial charge in [0.05, 0.1) is 35.8 Å². The summed E-state index contributed by atoms with van der Waals surface area (Å²) in [7, 11) is -1.91. The Balaban J connectivity index is 1.43. The van der Waals surface area contributed by atoms with Gasteiger partial charge in [0.1, 0.15) is 9.96 Å². The third kappa shape index (κ3) is 6.41. The van der Waals surface area contributed by atoms with E-state index in [0.717, 1.165) is 28.2 Å². The topological polar surface area (TPSA) is 82.9 Å². The lowest BCUT2D eigenvalue weighted by molar-refractivity contribution is 0.00763. The SMILES string of the molecule is COc1cccc(C(CN2CCN(S(=O)(=O)c3ccc(Cl)s3)CC2)OCc2ccc(C#N)cc2)c1. The van der Waals surface area contributed by atoms with Gasteiger partial charge in [0.15, 0.2) is 0 Å². The smallest absolute Gasteiger partial charge is 0.252 e. The lowest BCUT2D eigenvalue weighted by Crippen LogP contribution is -2.49. The summed E-state index contributed by atoms with van der Waals surface area (Å²) in [5.41, 5.74) is 2.57. The highest BCUT2D eigenvalue weighted by molar-refractivity contribution is 7.91. The van der Waals surface area contributed by atoms with Crippen molar-refractivity contribution in [2.45, 2.75) is 16.9 Å². The Hall–Kier alpha value is -2.45. The molecule has 35 heavy (non-hydrogen) atoms. The number of nitrogens with zero attached hydrogens (tertiary/aromatic N) is 3. The summed E-state index contributed by atoms with van der Waals surface area (Å²) < 4.78 is 39.8. The van der Waals surface area contributed by atoms with E-state index in [1.54, 1.807) is 31.4 Å². The molecule has 0 spiro atoms. The molecule has 1 aliphatic heterocycles. The summed E-state index contributed by atoms with van der Waals surface area (Å²) in [6, 6.07) is 20.4. The third-order valence-corrected chi connectivity index (χ3v) is 9.49. The monoisotopic (exact) mass is 531 g/mol. The van der Waals surface area contributed by atoms with Crippen molar-refractivity contribution in [1.82, 2.24) is 9.21 Å². The van der Waals surface area contributed by atoms with E-state index in [-0.39, 0.29) is 10.3 Å². The van der Waals surface area contributed by atoms with E-state index in [9.17, 15) is 8.42 Å². The third-order valence-electron chi connectivity index (χ3n) is 5.90. The lowest BCUT2D eigenvalue weighted by Gasteiger charge is -2.35. The second-order valence-corrected chi connectivity index (χ2v) is 12.0. The number of hydrogen-bond acceptors (Lipinski definition) is 7. The molecule has 2 aromatic carbocycles. The quantitative estimate of drug-likeness (QED) is 0.403. The van der Waals surface area contributed by atoms with Gasteiger partial charge in [-0.15, -0.1) is 11.3 Å². The Morgan fingerprint density at radius 2 is 1.83 bits per heavy atom. The van der Waals surface area contributed by atoms with Crippen LogP contribution >= 0.6 is 22.9 Å². The predicted molar refractivity (Wildman–Crippen MR) is 136 cm³/mol. The maximum absolute atomic E-state index is 12.9. The van der Waals surface area contributed by atoms with Gasteiger partial charge in [-0.25, -0.2) is 8.42 Å². The molecule has 0 saturated carbocycles. The fourth-order valence-electron chi connectivity index (χ4n) is 3.92. The van der Waals surface area contributed by atoms with Crippen LogP contribution in [-0.2, 0) is 21.4 Å². The minimum absolute atomic E-state index is 0.236. The number of rotatable bonds is 9. The molecule has 0 bridgehead atoms. The van der Waals surface area contributed by atoms with Crippen molar-refractivity contribution in [1.29, 1.82) is 5.26 Å². The second kappa shape index (κ2) is 11.5. The lowest BCUT2D eigenvalue weighted by atomic mass is 10.1. The zero-order chi connectivity index (χ0) is 24.8. The fraction of sp³-hybridized carbons (Fsp3) is 0.320. The molecule has 1 unspecified atom stereocenters. The van der Waals surface area contributed by atoms with Gasteiger partial charge in [0, 0.05) is 32.7 Å². The average molecular weight is 532 g/mol. The summed E-state index contributed by atoms with van der Waals surface area (Å²) in [6.45, 7) is 3.00. The van der Waals surface area contributed by atoms with Crippen LogP contribution in [0.3, 0.4) is 0 Å². The molecule has 1 atom stereocenters. The van der Waals surface area contributed by atoms with E-state index in [0.29, 0.717) is 49.2 Å². The zero-order valence-corrected chi connectivity index (χ0v) is 21.7. The van der Waals surface area contributed by atoms with Crippen LogP contribution < -0.4 is 4.74 Å². The van der Waals surface area contributed by atoms with E-state index < -0.39 is 10.0 Å². The molecule has 1 aliphatic rings. The van der Waals surface area contributed by atoms with Gasteiger partial charge in [-0.3, -0.25) is 4.90 Å². The highest BCUT2D eigenvalue weighted by Gasteiger charge is 2.30. The van der Waals surface area contributed by atoms with Gasteiger partial charge < -0.3 is 9.47 Å². The molecule has 10 heteroatoms. The van der Waals surface area contributed by atoms with Crippen molar-refractivity contribution in [2.75, 3.05) is 39.8 Å². The molecule has 0 aliphatic carbocycles. The first kappa shape index (κ1) is 25.6. The van der Waals surface area contributed by atoms with Gasteiger partial charge >= 0.3 is 0 Å². The molecule has 0 radical (unpaired) electrons. The first-order valence-electron chi connectivity index (χ1n) is 11.1. The maximum atomic E-state index is 12.9. The van der Waals surface area contributed by atoms with Crippen molar-refractivity contribution in [3.63, 3.8) is 0 Å². The highest BCUT2D eigenvalue weighted by atomic mass is 35.5. The number of hydrogen-bond donors (Lipinski definition) is 0. The second-order valence-electron chi connectivity index (χ2n) is 8.15. The molecule has 3 aromatic rings. The summed E-state index contributed by atoms with van der Waals surface area (Å²) >= 11 is 7.02. The van der Waals surface area contributed by atoms with Crippen LogP contribution in [0, 0.1) is 11.3 Å². The molecule has 0 N–H and O–H groups in total. The van der Waals surface area contributed by atoms with E-state index >= 15 is 0 Å². The summed E-state index contributed by atoms with van der Waals surface area (Å²) in [5.74, 6) is 0.750. The molecule has 0 amide bonds.